The summed E-state index contributed by atoms with van der Waals surface area (Å²) in [4.78, 5) is 24.5. The summed E-state index contributed by atoms with van der Waals surface area (Å²) in [5.41, 5.74) is 0.865. The van der Waals surface area contributed by atoms with Gasteiger partial charge in [0.15, 0.2) is 12.4 Å². The highest BCUT2D eigenvalue weighted by Crippen LogP contribution is 2.22. The molecule has 0 radical (unpaired) electrons. The second-order valence-corrected chi connectivity index (χ2v) is 5.88. The molecule has 0 aliphatic rings. The van der Waals surface area contributed by atoms with Crippen LogP contribution in [-0.2, 0) is 4.74 Å². The van der Waals surface area contributed by atoms with Crippen LogP contribution in [0.15, 0.2) is 60.7 Å². The third-order valence-corrected chi connectivity index (χ3v) is 4.10. The molecule has 0 fully saturated rings. The van der Waals surface area contributed by atoms with E-state index in [9.17, 15) is 9.59 Å². The number of carbonyl (C=O) groups excluding carboxylic acids is 2. The number of methoxy groups -OCH3 is 1. The van der Waals surface area contributed by atoms with Gasteiger partial charge in [-0.05, 0) is 60.2 Å². The van der Waals surface area contributed by atoms with Gasteiger partial charge < -0.3 is 14.2 Å². The molecule has 0 amide bonds. The number of ketones is 1. The van der Waals surface area contributed by atoms with Crippen LogP contribution in [0.1, 0.15) is 27.6 Å². The Hall–Kier alpha value is -3.34. The number of fused-ring (bicyclic) bond motifs is 1. The van der Waals surface area contributed by atoms with Crippen molar-refractivity contribution in [1.29, 1.82) is 0 Å². The van der Waals surface area contributed by atoms with Crippen LogP contribution in [0.2, 0.25) is 0 Å². The molecule has 0 saturated heterocycles. The van der Waals surface area contributed by atoms with Crippen LogP contribution in [0.3, 0.4) is 0 Å². The highest BCUT2D eigenvalue weighted by atomic mass is 16.5. The molecule has 0 aliphatic carbocycles. The maximum Gasteiger partial charge on any atom is 0.338 e. The lowest BCUT2D eigenvalue weighted by Crippen LogP contribution is -2.14. The van der Waals surface area contributed by atoms with Crippen molar-refractivity contribution < 1.29 is 23.8 Å². The van der Waals surface area contributed by atoms with E-state index in [-0.39, 0.29) is 12.4 Å². The smallest absolute Gasteiger partial charge is 0.338 e. The minimum absolute atomic E-state index is 0.257. The minimum atomic E-state index is -0.545. The molecule has 3 aromatic carbocycles. The average Bonchev–Trinajstić information content (AvgIpc) is 2.71. The van der Waals surface area contributed by atoms with Crippen molar-refractivity contribution in [1.82, 2.24) is 0 Å². The Balaban J connectivity index is 1.64. The molecular formula is C22H20O5. The number of esters is 1. The normalized spacial score (nSPS) is 10.4. The summed E-state index contributed by atoms with van der Waals surface area (Å²) in [6.45, 7) is 2.13. The monoisotopic (exact) mass is 364 g/mol. The molecule has 0 atom stereocenters. The summed E-state index contributed by atoms with van der Waals surface area (Å²) >= 11 is 0. The Kier molecular flexibility index (Phi) is 5.71. The SMILES string of the molecule is CCOc1ccc(C(=O)OCC(=O)c2ccc3cc(OC)ccc3c2)cc1. The fraction of sp³-hybridized carbons (Fsp3) is 0.182. The van der Waals surface area contributed by atoms with Gasteiger partial charge in [0.25, 0.3) is 0 Å². The van der Waals surface area contributed by atoms with E-state index in [1.807, 2.05) is 31.2 Å². The maximum atomic E-state index is 12.4. The molecule has 0 N–H and O–H groups in total. The fourth-order valence-corrected chi connectivity index (χ4v) is 2.68. The predicted octanol–water partition coefficient (Wildman–Crippen LogP) is 4.29. The second kappa shape index (κ2) is 8.36. The van der Waals surface area contributed by atoms with Gasteiger partial charge in [-0.1, -0.05) is 18.2 Å². The Morgan fingerprint density at radius 3 is 2.15 bits per heavy atom. The van der Waals surface area contributed by atoms with E-state index < -0.39 is 5.97 Å². The summed E-state index contributed by atoms with van der Waals surface area (Å²) in [7, 11) is 1.61. The number of carbonyl (C=O) groups is 2. The van der Waals surface area contributed by atoms with Crippen LogP contribution in [0.5, 0.6) is 11.5 Å². The van der Waals surface area contributed by atoms with Crippen LogP contribution >= 0.6 is 0 Å². The van der Waals surface area contributed by atoms with Crippen molar-refractivity contribution in [3.8, 4) is 11.5 Å². The summed E-state index contributed by atoms with van der Waals surface area (Å²) in [6, 6.07) is 17.6. The van der Waals surface area contributed by atoms with E-state index in [1.54, 1.807) is 43.5 Å². The van der Waals surface area contributed by atoms with Gasteiger partial charge in [0.05, 0.1) is 19.3 Å². The lowest BCUT2D eigenvalue weighted by Gasteiger charge is -2.07. The Morgan fingerprint density at radius 2 is 1.44 bits per heavy atom. The molecule has 5 heteroatoms. The number of rotatable bonds is 7. The van der Waals surface area contributed by atoms with Crippen LogP contribution in [0.4, 0.5) is 0 Å². The molecule has 27 heavy (non-hydrogen) atoms. The van der Waals surface area contributed by atoms with Gasteiger partial charge in [0.2, 0.25) is 0 Å². The lowest BCUT2D eigenvalue weighted by atomic mass is 10.0. The number of ether oxygens (including phenoxy) is 3. The van der Waals surface area contributed by atoms with Gasteiger partial charge in [-0.25, -0.2) is 4.79 Å². The van der Waals surface area contributed by atoms with E-state index in [4.69, 9.17) is 14.2 Å². The van der Waals surface area contributed by atoms with E-state index in [0.717, 1.165) is 16.5 Å². The van der Waals surface area contributed by atoms with Crippen LogP contribution in [0, 0.1) is 0 Å². The first-order valence-electron chi connectivity index (χ1n) is 8.61. The van der Waals surface area contributed by atoms with E-state index >= 15 is 0 Å². The summed E-state index contributed by atoms with van der Waals surface area (Å²) in [6.07, 6.45) is 0. The predicted molar refractivity (Wildman–Crippen MR) is 103 cm³/mol. The molecule has 3 aromatic rings. The number of hydrogen-bond acceptors (Lipinski definition) is 5. The molecule has 0 aromatic heterocycles. The zero-order chi connectivity index (χ0) is 19.2. The molecule has 0 heterocycles. The van der Waals surface area contributed by atoms with Gasteiger partial charge >= 0.3 is 5.97 Å². The van der Waals surface area contributed by atoms with Crippen molar-refractivity contribution in [2.45, 2.75) is 6.92 Å². The maximum absolute atomic E-state index is 12.4. The van der Waals surface area contributed by atoms with Crippen molar-refractivity contribution in [2.75, 3.05) is 20.3 Å². The zero-order valence-electron chi connectivity index (χ0n) is 15.2. The third-order valence-electron chi connectivity index (χ3n) is 4.10. The minimum Gasteiger partial charge on any atom is -0.497 e. The molecule has 0 bridgehead atoms. The Bertz CT molecular complexity index is 960. The highest BCUT2D eigenvalue weighted by molar-refractivity contribution is 6.02. The standard InChI is InChI=1S/C22H20O5/c1-3-26-19-9-6-15(7-10-19)22(24)27-14-21(23)18-5-4-17-13-20(25-2)11-8-16(17)12-18/h4-13H,3,14H2,1-2H3. The highest BCUT2D eigenvalue weighted by Gasteiger charge is 2.12. The molecule has 5 nitrogen and oxygen atoms in total. The van der Waals surface area contributed by atoms with Gasteiger partial charge in [-0.2, -0.15) is 0 Å². The van der Waals surface area contributed by atoms with Crippen molar-refractivity contribution in [2.24, 2.45) is 0 Å². The van der Waals surface area contributed by atoms with Crippen molar-refractivity contribution in [3.05, 3.63) is 71.8 Å². The topological polar surface area (TPSA) is 61.8 Å². The van der Waals surface area contributed by atoms with Gasteiger partial charge in [0.1, 0.15) is 11.5 Å². The Labute approximate surface area is 157 Å². The largest absolute Gasteiger partial charge is 0.497 e. The number of benzene rings is 3. The number of hydrogen-bond donors (Lipinski definition) is 0. The molecule has 0 spiro atoms. The van der Waals surface area contributed by atoms with Crippen LogP contribution < -0.4 is 9.47 Å². The third kappa shape index (κ3) is 4.44. The molecule has 3 rings (SSSR count). The zero-order valence-corrected chi connectivity index (χ0v) is 15.2. The quantitative estimate of drug-likeness (QED) is 0.462. The first-order valence-corrected chi connectivity index (χ1v) is 8.61. The van der Waals surface area contributed by atoms with Crippen molar-refractivity contribution >= 4 is 22.5 Å². The van der Waals surface area contributed by atoms with Crippen molar-refractivity contribution in [3.63, 3.8) is 0 Å². The Morgan fingerprint density at radius 1 is 0.815 bits per heavy atom. The molecule has 0 unspecified atom stereocenters. The summed E-state index contributed by atoms with van der Waals surface area (Å²) in [5.74, 6) is 0.632. The first kappa shape index (κ1) is 18.5. The molecular weight excluding hydrogens is 344 g/mol. The molecule has 0 saturated carbocycles. The average molecular weight is 364 g/mol. The second-order valence-electron chi connectivity index (χ2n) is 5.88. The van der Waals surface area contributed by atoms with E-state index in [0.29, 0.717) is 23.5 Å². The lowest BCUT2D eigenvalue weighted by molar-refractivity contribution is 0.0475. The fourth-order valence-electron chi connectivity index (χ4n) is 2.68. The van der Waals surface area contributed by atoms with Crippen LogP contribution in [-0.4, -0.2) is 32.1 Å². The van der Waals surface area contributed by atoms with Gasteiger partial charge in [0, 0.05) is 5.56 Å². The van der Waals surface area contributed by atoms with Gasteiger partial charge in [-0.15, -0.1) is 0 Å². The van der Waals surface area contributed by atoms with Gasteiger partial charge in [-0.3, -0.25) is 4.79 Å². The van der Waals surface area contributed by atoms with Crippen LogP contribution in [0.25, 0.3) is 10.8 Å². The van der Waals surface area contributed by atoms with E-state index in [2.05, 4.69) is 0 Å². The first-order chi connectivity index (χ1) is 13.1. The molecule has 0 aliphatic heterocycles. The number of Topliss-reactive ketones (excluding diaryl/α,β-unsaturated/α-hetero) is 1. The molecule has 138 valence electrons. The van der Waals surface area contributed by atoms with E-state index in [1.165, 1.54) is 0 Å². The summed E-state index contributed by atoms with van der Waals surface area (Å²) < 4.78 is 15.7. The summed E-state index contributed by atoms with van der Waals surface area (Å²) in [5, 5.41) is 1.89.